The van der Waals surface area contributed by atoms with Crippen LogP contribution in [0.5, 0.6) is 0 Å². The van der Waals surface area contributed by atoms with Crippen molar-refractivity contribution in [1.29, 1.82) is 0 Å². The third-order valence-corrected chi connectivity index (χ3v) is 4.49. The van der Waals surface area contributed by atoms with Gasteiger partial charge in [0.2, 0.25) is 0 Å². The molecule has 0 spiro atoms. The summed E-state index contributed by atoms with van der Waals surface area (Å²) in [7, 11) is 3.39. The molecule has 28 heavy (non-hydrogen) atoms. The molecule has 0 saturated carbocycles. The Morgan fingerprint density at radius 3 is 2.36 bits per heavy atom. The largest absolute Gasteiger partial charge is 0.357 e. The molecule has 0 fully saturated rings. The highest BCUT2D eigenvalue weighted by Crippen LogP contribution is 2.18. The van der Waals surface area contributed by atoms with Gasteiger partial charge in [-0.2, -0.15) is 0 Å². The van der Waals surface area contributed by atoms with Gasteiger partial charge in [-0.1, -0.05) is 12.1 Å². The zero-order chi connectivity index (χ0) is 20.7. The number of carbonyl (C=O) groups is 2. The van der Waals surface area contributed by atoms with Crippen molar-refractivity contribution < 1.29 is 9.59 Å². The lowest BCUT2D eigenvalue weighted by Gasteiger charge is -2.19. The van der Waals surface area contributed by atoms with Gasteiger partial charge < -0.3 is 20.4 Å². The van der Waals surface area contributed by atoms with E-state index in [4.69, 9.17) is 0 Å². The van der Waals surface area contributed by atoms with Gasteiger partial charge >= 0.3 is 6.03 Å². The molecule has 0 bridgehead atoms. The van der Waals surface area contributed by atoms with Gasteiger partial charge in [0, 0.05) is 51.2 Å². The van der Waals surface area contributed by atoms with Crippen LogP contribution in [0.15, 0.2) is 36.5 Å². The Morgan fingerprint density at radius 1 is 1.07 bits per heavy atom. The maximum atomic E-state index is 12.3. The molecular weight excluding hydrogens is 354 g/mol. The van der Waals surface area contributed by atoms with Crippen LogP contribution in [0.4, 0.5) is 16.3 Å². The van der Waals surface area contributed by atoms with Crippen molar-refractivity contribution in [2.45, 2.75) is 27.3 Å². The molecule has 0 unspecified atom stereocenters. The Kier molecular flexibility index (Phi) is 7.37. The van der Waals surface area contributed by atoms with Crippen molar-refractivity contribution in [2.24, 2.45) is 0 Å². The Morgan fingerprint density at radius 2 is 1.79 bits per heavy atom. The van der Waals surface area contributed by atoms with Gasteiger partial charge in [0.15, 0.2) is 0 Å². The summed E-state index contributed by atoms with van der Waals surface area (Å²) in [6.07, 6.45) is 1.77. The monoisotopic (exact) mass is 383 g/mol. The van der Waals surface area contributed by atoms with E-state index in [0.717, 1.165) is 30.0 Å². The van der Waals surface area contributed by atoms with Gasteiger partial charge in [0.1, 0.15) is 5.82 Å². The number of aryl methyl sites for hydroxylation is 1. The smallest absolute Gasteiger partial charge is 0.319 e. The van der Waals surface area contributed by atoms with Crippen LogP contribution in [0.25, 0.3) is 0 Å². The molecule has 1 aromatic carbocycles. The number of urea groups is 1. The van der Waals surface area contributed by atoms with Crippen molar-refractivity contribution in [3.63, 3.8) is 0 Å². The van der Waals surface area contributed by atoms with E-state index >= 15 is 0 Å². The summed E-state index contributed by atoms with van der Waals surface area (Å²) in [6, 6.07) is 8.86. The zero-order valence-electron chi connectivity index (χ0n) is 17.2. The quantitative estimate of drug-likeness (QED) is 0.769. The average molecular weight is 383 g/mol. The van der Waals surface area contributed by atoms with E-state index < -0.39 is 0 Å². The molecule has 2 N–H and O–H groups in total. The molecule has 0 atom stereocenters. The Bertz CT molecular complexity index is 814. The molecule has 1 aromatic heterocycles. The first-order valence-electron chi connectivity index (χ1n) is 9.42. The fourth-order valence-electron chi connectivity index (χ4n) is 2.75. The van der Waals surface area contributed by atoms with Crippen LogP contribution in [0.3, 0.4) is 0 Å². The number of nitrogens with zero attached hydrogens (tertiary/aromatic N) is 3. The van der Waals surface area contributed by atoms with E-state index in [0.29, 0.717) is 17.8 Å². The lowest BCUT2D eigenvalue weighted by Crippen LogP contribution is -2.29. The highest BCUT2D eigenvalue weighted by molar-refractivity contribution is 5.97. The van der Waals surface area contributed by atoms with Crippen molar-refractivity contribution in [1.82, 2.24) is 15.2 Å². The molecular formula is C21H29N5O2. The Hall–Kier alpha value is -3.09. The van der Waals surface area contributed by atoms with E-state index in [1.165, 1.54) is 4.90 Å². The summed E-state index contributed by atoms with van der Waals surface area (Å²) in [5, 5.41) is 5.64. The molecule has 150 valence electrons. The van der Waals surface area contributed by atoms with E-state index in [9.17, 15) is 9.59 Å². The highest BCUT2D eigenvalue weighted by Gasteiger charge is 2.12. The second-order valence-corrected chi connectivity index (χ2v) is 6.73. The van der Waals surface area contributed by atoms with Gasteiger partial charge in [-0.25, -0.2) is 9.78 Å². The zero-order valence-corrected chi connectivity index (χ0v) is 17.2. The predicted octanol–water partition coefficient (Wildman–Crippen LogP) is 3.26. The van der Waals surface area contributed by atoms with Crippen molar-refractivity contribution in [3.8, 4) is 0 Å². The van der Waals surface area contributed by atoms with Crippen LogP contribution in [0.2, 0.25) is 0 Å². The molecule has 7 nitrogen and oxygen atoms in total. The second kappa shape index (κ2) is 9.73. The maximum absolute atomic E-state index is 12.3. The van der Waals surface area contributed by atoms with Crippen LogP contribution in [-0.4, -0.2) is 49.0 Å². The topological polar surface area (TPSA) is 77.6 Å². The lowest BCUT2D eigenvalue weighted by atomic mass is 10.1. The number of rotatable bonds is 7. The minimum Gasteiger partial charge on any atom is -0.357 e. The summed E-state index contributed by atoms with van der Waals surface area (Å²) in [5.74, 6) is 0.819. The average Bonchev–Trinajstić information content (AvgIpc) is 2.69. The number of benzene rings is 1. The van der Waals surface area contributed by atoms with Crippen molar-refractivity contribution in [3.05, 3.63) is 53.2 Å². The molecule has 0 aliphatic rings. The minimum atomic E-state index is -0.328. The van der Waals surface area contributed by atoms with Crippen LogP contribution < -0.4 is 15.5 Å². The molecule has 0 aliphatic heterocycles. The molecule has 0 aliphatic carbocycles. The summed E-state index contributed by atoms with van der Waals surface area (Å²) in [5.41, 5.74) is 2.94. The second-order valence-electron chi connectivity index (χ2n) is 6.73. The van der Waals surface area contributed by atoms with Crippen LogP contribution in [0.1, 0.15) is 35.3 Å². The Balaban J connectivity index is 1.97. The van der Waals surface area contributed by atoms with Gasteiger partial charge in [-0.3, -0.25) is 4.79 Å². The van der Waals surface area contributed by atoms with Gasteiger partial charge in [0.25, 0.3) is 5.91 Å². The number of hydrogen-bond donors (Lipinski definition) is 2. The van der Waals surface area contributed by atoms with Crippen LogP contribution in [-0.2, 0) is 6.54 Å². The highest BCUT2D eigenvalue weighted by atomic mass is 16.2. The minimum absolute atomic E-state index is 0.108. The molecule has 3 amide bonds. The first-order valence-corrected chi connectivity index (χ1v) is 9.42. The number of amides is 3. The number of anilines is 2. The first kappa shape index (κ1) is 21.2. The molecule has 0 saturated heterocycles. The number of aromatic nitrogens is 1. The van der Waals surface area contributed by atoms with E-state index in [-0.39, 0.29) is 11.9 Å². The number of nitrogens with one attached hydrogen (secondary N) is 2. The first-order chi connectivity index (χ1) is 13.3. The summed E-state index contributed by atoms with van der Waals surface area (Å²) >= 11 is 0. The van der Waals surface area contributed by atoms with Gasteiger partial charge in [0.05, 0.1) is 0 Å². The third kappa shape index (κ3) is 5.45. The fraction of sp³-hybridized carbons (Fsp3) is 0.381. The maximum Gasteiger partial charge on any atom is 0.319 e. The van der Waals surface area contributed by atoms with Crippen molar-refractivity contribution in [2.75, 3.05) is 37.4 Å². The normalized spacial score (nSPS) is 10.3. The number of pyridine rings is 1. The van der Waals surface area contributed by atoms with Crippen LogP contribution in [0, 0.1) is 6.92 Å². The molecule has 2 aromatic rings. The third-order valence-electron chi connectivity index (χ3n) is 4.49. The van der Waals surface area contributed by atoms with Gasteiger partial charge in [-0.15, -0.1) is 0 Å². The van der Waals surface area contributed by atoms with E-state index in [2.05, 4.69) is 34.4 Å². The summed E-state index contributed by atoms with van der Waals surface area (Å²) in [4.78, 5) is 32.5. The standard InChI is InChI=1S/C21H29N5O2/c1-6-26(7-2)19-11-9-16(13-22-19)14-23-21(28)24-18-12-17(10-8-15(18)3)20(27)25(4)5/h8-13H,6-7,14H2,1-5H3,(H2,23,24,28). The van der Waals surface area contributed by atoms with Gasteiger partial charge in [-0.05, 0) is 50.1 Å². The van der Waals surface area contributed by atoms with E-state index in [1.807, 2.05) is 25.1 Å². The van der Waals surface area contributed by atoms with E-state index in [1.54, 1.807) is 32.4 Å². The fourth-order valence-corrected chi connectivity index (χ4v) is 2.75. The van der Waals surface area contributed by atoms with Crippen molar-refractivity contribution >= 4 is 23.4 Å². The molecule has 7 heteroatoms. The number of carbonyl (C=O) groups excluding carboxylic acids is 2. The van der Waals surface area contributed by atoms with Crippen LogP contribution >= 0.6 is 0 Å². The Labute approximate surface area is 166 Å². The predicted molar refractivity (Wildman–Crippen MR) is 113 cm³/mol. The summed E-state index contributed by atoms with van der Waals surface area (Å²) < 4.78 is 0. The lowest BCUT2D eigenvalue weighted by molar-refractivity contribution is 0.0827. The SMILES string of the molecule is CCN(CC)c1ccc(CNC(=O)Nc2cc(C(=O)N(C)C)ccc2C)cn1. The molecule has 0 radical (unpaired) electrons. The number of hydrogen-bond acceptors (Lipinski definition) is 4. The summed E-state index contributed by atoms with van der Waals surface area (Å²) in [6.45, 7) is 8.24. The molecule has 2 rings (SSSR count). The molecule has 1 heterocycles.